The molecule has 0 saturated carbocycles. The molecule has 2 aliphatic heterocycles. The number of piperidine rings is 1. The number of hydrogen-bond donors (Lipinski definition) is 1. The molecule has 1 aromatic heterocycles. The number of hydrogen-bond acceptors (Lipinski definition) is 5. The Morgan fingerprint density at radius 1 is 1.13 bits per heavy atom. The van der Waals surface area contributed by atoms with Crippen LogP contribution in [-0.2, 0) is 16.0 Å². The van der Waals surface area contributed by atoms with Crippen molar-refractivity contribution in [2.45, 2.75) is 57.6 Å². The van der Waals surface area contributed by atoms with Gasteiger partial charge in [-0.1, -0.05) is 12.8 Å². The van der Waals surface area contributed by atoms with Gasteiger partial charge in [0.05, 0.1) is 6.10 Å². The molecular formula is C23H40IN5O2. The summed E-state index contributed by atoms with van der Waals surface area (Å²) < 4.78 is 11.1. The second-order valence-corrected chi connectivity index (χ2v) is 8.23. The Balaban J connectivity index is 0.00000341. The van der Waals surface area contributed by atoms with E-state index in [1.165, 1.54) is 31.2 Å². The Labute approximate surface area is 205 Å². The van der Waals surface area contributed by atoms with Gasteiger partial charge in [-0.25, -0.2) is 4.98 Å². The van der Waals surface area contributed by atoms with Crippen LogP contribution in [0.5, 0.6) is 0 Å². The molecule has 176 valence electrons. The SMILES string of the molecule is CN=C(NCc1ccnc(N2CCCCCC2)c1)N1CCC(OCCCOC)CC1.I. The molecule has 0 bridgehead atoms. The first-order valence-corrected chi connectivity index (χ1v) is 11.6. The molecule has 2 aliphatic rings. The second-order valence-electron chi connectivity index (χ2n) is 8.23. The molecule has 31 heavy (non-hydrogen) atoms. The highest BCUT2D eigenvalue weighted by Crippen LogP contribution is 2.19. The van der Waals surface area contributed by atoms with Crippen LogP contribution in [0.25, 0.3) is 0 Å². The third-order valence-electron chi connectivity index (χ3n) is 5.99. The van der Waals surface area contributed by atoms with Gasteiger partial charge in [-0.3, -0.25) is 4.99 Å². The van der Waals surface area contributed by atoms with Crippen molar-refractivity contribution in [3.8, 4) is 0 Å². The van der Waals surface area contributed by atoms with E-state index in [1.54, 1.807) is 7.11 Å². The summed E-state index contributed by atoms with van der Waals surface area (Å²) in [5.41, 5.74) is 1.25. The Kier molecular flexibility index (Phi) is 12.5. The Morgan fingerprint density at radius 2 is 1.87 bits per heavy atom. The van der Waals surface area contributed by atoms with Crippen molar-refractivity contribution in [1.29, 1.82) is 0 Å². The van der Waals surface area contributed by atoms with E-state index >= 15 is 0 Å². The number of likely N-dealkylation sites (tertiary alicyclic amines) is 1. The first-order valence-electron chi connectivity index (χ1n) is 11.6. The number of aromatic nitrogens is 1. The molecule has 0 atom stereocenters. The van der Waals surface area contributed by atoms with Crippen LogP contribution in [0.1, 0.15) is 50.5 Å². The van der Waals surface area contributed by atoms with Crippen molar-refractivity contribution >= 4 is 35.8 Å². The number of guanidine groups is 1. The number of rotatable bonds is 8. The number of aliphatic imine (C=N–C) groups is 1. The highest BCUT2D eigenvalue weighted by atomic mass is 127. The molecule has 0 amide bonds. The molecule has 7 nitrogen and oxygen atoms in total. The van der Waals surface area contributed by atoms with Crippen LogP contribution in [0.15, 0.2) is 23.3 Å². The maximum Gasteiger partial charge on any atom is 0.193 e. The number of nitrogens with zero attached hydrogens (tertiary/aromatic N) is 4. The minimum atomic E-state index is 0. The predicted molar refractivity (Wildman–Crippen MR) is 138 cm³/mol. The lowest BCUT2D eigenvalue weighted by molar-refractivity contribution is 0.00989. The van der Waals surface area contributed by atoms with Crippen LogP contribution in [0.3, 0.4) is 0 Å². The number of methoxy groups -OCH3 is 1. The third kappa shape index (κ3) is 8.73. The summed E-state index contributed by atoms with van der Waals surface area (Å²) in [5, 5.41) is 3.54. The summed E-state index contributed by atoms with van der Waals surface area (Å²) in [7, 11) is 3.60. The zero-order valence-electron chi connectivity index (χ0n) is 19.2. The molecule has 0 unspecified atom stereocenters. The zero-order valence-corrected chi connectivity index (χ0v) is 21.6. The van der Waals surface area contributed by atoms with Crippen LogP contribution >= 0.6 is 24.0 Å². The molecule has 0 aliphatic carbocycles. The molecule has 0 radical (unpaired) electrons. The standard InChI is InChI=1S/C23H39N5O2.HI/c1-24-23(28-14-9-21(10-15-28)30-17-7-16-29-2)26-19-20-8-11-25-22(18-20)27-12-5-3-4-6-13-27;/h8,11,18,21H,3-7,9-10,12-17,19H2,1-2H3,(H,24,26);1H. The minimum absolute atomic E-state index is 0. The van der Waals surface area contributed by atoms with Crippen molar-refractivity contribution in [1.82, 2.24) is 15.2 Å². The Bertz CT molecular complexity index is 645. The lowest BCUT2D eigenvalue weighted by atomic mass is 10.1. The van der Waals surface area contributed by atoms with Crippen molar-refractivity contribution in [3.63, 3.8) is 0 Å². The molecule has 1 N–H and O–H groups in total. The largest absolute Gasteiger partial charge is 0.385 e. The van der Waals surface area contributed by atoms with Crippen LogP contribution in [-0.4, -0.2) is 75.5 Å². The summed E-state index contributed by atoms with van der Waals surface area (Å²) in [5.74, 6) is 2.08. The fourth-order valence-electron chi connectivity index (χ4n) is 4.24. The van der Waals surface area contributed by atoms with Crippen LogP contribution in [0.4, 0.5) is 5.82 Å². The molecule has 0 aromatic carbocycles. The Morgan fingerprint density at radius 3 is 2.55 bits per heavy atom. The van der Waals surface area contributed by atoms with Gasteiger partial charge in [0.25, 0.3) is 0 Å². The minimum Gasteiger partial charge on any atom is -0.385 e. The van der Waals surface area contributed by atoms with Crippen molar-refractivity contribution in [3.05, 3.63) is 23.9 Å². The average molecular weight is 546 g/mol. The van der Waals surface area contributed by atoms with E-state index in [0.717, 1.165) is 77.0 Å². The summed E-state index contributed by atoms with van der Waals surface area (Å²) in [6, 6.07) is 4.33. The third-order valence-corrected chi connectivity index (χ3v) is 5.99. The van der Waals surface area contributed by atoms with Gasteiger partial charge in [0.2, 0.25) is 0 Å². The first kappa shape index (κ1) is 26.1. The lowest BCUT2D eigenvalue weighted by Crippen LogP contribution is -2.46. The van der Waals surface area contributed by atoms with E-state index in [-0.39, 0.29) is 24.0 Å². The normalized spacial score (nSPS) is 18.5. The number of halogens is 1. The smallest absolute Gasteiger partial charge is 0.193 e. The van der Waals surface area contributed by atoms with Gasteiger partial charge < -0.3 is 24.6 Å². The molecule has 2 saturated heterocycles. The second kappa shape index (κ2) is 14.8. The van der Waals surface area contributed by atoms with Gasteiger partial charge in [0.1, 0.15) is 5.82 Å². The van der Waals surface area contributed by atoms with Crippen molar-refractivity contribution in [2.75, 3.05) is 58.5 Å². The number of ether oxygens (including phenoxy) is 2. The molecule has 2 fully saturated rings. The molecule has 3 heterocycles. The van der Waals surface area contributed by atoms with E-state index < -0.39 is 0 Å². The maximum atomic E-state index is 5.98. The summed E-state index contributed by atoms with van der Waals surface area (Å²) in [4.78, 5) is 13.9. The molecule has 8 heteroatoms. The quantitative estimate of drug-likeness (QED) is 0.233. The zero-order chi connectivity index (χ0) is 21.0. The van der Waals surface area contributed by atoms with Gasteiger partial charge in [-0.15, -0.1) is 24.0 Å². The summed E-state index contributed by atoms with van der Waals surface area (Å²) in [6.45, 7) is 6.51. The van der Waals surface area contributed by atoms with Gasteiger partial charge in [-0.2, -0.15) is 0 Å². The highest BCUT2D eigenvalue weighted by Gasteiger charge is 2.22. The first-order chi connectivity index (χ1) is 14.8. The summed E-state index contributed by atoms with van der Waals surface area (Å²) in [6.07, 6.45) is 10.5. The number of nitrogens with one attached hydrogen (secondary N) is 1. The van der Waals surface area contributed by atoms with Gasteiger partial charge in [0, 0.05) is 66.3 Å². The average Bonchev–Trinajstić information content (AvgIpc) is 3.08. The molecule has 1 aromatic rings. The van der Waals surface area contributed by atoms with Crippen LogP contribution < -0.4 is 10.2 Å². The fraction of sp³-hybridized carbons (Fsp3) is 0.739. The topological polar surface area (TPSA) is 62.2 Å². The highest BCUT2D eigenvalue weighted by molar-refractivity contribution is 14.0. The monoisotopic (exact) mass is 545 g/mol. The van der Waals surface area contributed by atoms with Crippen molar-refractivity contribution in [2.24, 2.45) is 4.99 Å². The van der Waals surface area contributed by atoms with Crippen LogP contribution in [0.2, 0.25) is 0 Å². The predicted octanol–water partition coefficient (Wildman–Crippen LogP) is 3.67. The maximum absolute atomic E-state index is 5.98. The fourth-order valence-corrected chi connectivity index (χ4v) is 4.24. The number of pyridine rings is 1. The molecule has 0 spiro atoms. The molecule has 3 rings (SSSR count). The van der Waals surface area contributed by atoms with E-state index in [1.807, 2.05) is 13.2 Å². The van der Waals surface area contributed by atoms with Gasteiger partial charge >= 0.3 is 0 Å². The summed E-state index contributed by atoms with van der Waals surface area (Å²) >= 11 is 0. The molecular weight excluding hydrogens is 505 g/mol. The van der Waals surface area contributed by atoms with Crippen molar-refractivity contribution < 1.29 is 9.47 Å². The van der Waals surface area contributed by atoms with Crippen LogP contribution in [0, 0.1) is 0 Å². The van der Waals surface area contributed by atoms with E-state index in [2.05, 4.69) is 37.2 Å². The van der Waals surface area contributed by atoms with Gasteiger partial charge in [0.15, 0.2) is 5.96 Å². The van der Waals surface area contributed by atoms with E-state index in [9.17, 15) is 0 Å². The van der Waals surface area contributed by atoms with E-state index in [4.69, 9.17) is 9.47 Å². The van der Waals surface area contributed by atoms with Gasteiger partial charge in [-0.05, 0) is 49.8 Å². The van der Waals surface area contributed by atoms with E-state index in [0.29, 0.717) is 6.10 Å². The Hall–Kier alpha value is -1.13. The number of anilines is 1. The lowest BCUT2D eigenvalue weighted by Gasteiger charge is -2.34.